The molecule has 0 radical (unpaired) electrons. The molecule has 0 unspecified atom stereocenters. The van der Waals surface area contributed by atoms with Crippen LogP contribution in [0.4, 0.5) is 0 Å². The second kappa shape index (κ2) is 6.75. The van der Waals surface area contributed by atoms with E-state index in [2.05, 4.69) is 68.7 Å². The summed E-state index contributed by atoms with van der Waals surface area (Å²) in [6.45, 7) is 16.4. The first-order valence-electron chi connectivity index (χ1n) is 7.36. The smallest absolute Gasteiger partial charge is 0.192 e. The highest BCUT2D eigenvalue weighted by Gasteiger charge is 2.37. The van der Waals surface area contributed by atoms with Crippen molar-refractivity contribution in [2.24, 2.45) is 0 Å². The van der Waals surface area contributed by atoms with Crippen molar-refractivity contribution in [2.45, 2.75) is 65.2 Å². The van der Waals surface area contributed by atoms with Crippen LogP contribution in [0.15, 0.2) is 4.47 Å². The minimum absolute atomic E-state index is 0.189. The van der Waals surface area contributed by atoms with Gasteiger partial charge in [0.15, 0.2) is 14.6 Å². The fourth-order valence-corrected chi connectivity index (χ4v) is 3.60. The number of carbonyl (C=O) groups excluding carboxylic acids is 1. The summed E-state index contributed by atoms with van der Waals surface area (Å²) in [5, 5.41) is 4.72. The summed E-state index contributed by atoms with van der Waals surface area (Å²) in [6.07, 6.45) is 0.856. The van der Waals surface area contributed by atoms with Gasteiger partial charge in [-0.25, -0.2) is 0 Å². The third kappa shape index (κ3) is 4.26. The van der Waals surface area contributed by atoms with Gasteiger partial charge >= 0.3 is 0 Å². The fourth-order valence-electron chi connectivity index (χ4n) is 1.73. The normalized spacial score (nSPS) is 13.0. The first kappa shape index (κ1) is 18.6. The molecule has 0 saturated heterocycles. The monoisotopic (exact) mass is 374 g/mol. The van der Waals surface area contributed by atoms with Crippen molar-refractivity contribution in [3.63, 3.8) is 0 Å². The van der Waals surface area contributed by atoms with Crippen LogP contribution in [-0.2, 0) is 11.0 Å². The molecule has 0 amide bonds. The summed E-state index contributed by atoms with van der Waals surface area (Å²) in [5.74, 6) is 0.278. The van der Waals surface area contributed by atoms with E-state index in [0.29, 0.717) is 18.8 Å². The predicted molar refractivity (Wildman–Crippen MR) is 92.6 cm³/mol. The lowest BCUT2D eigenvalue weighted by Crippen LogP contribution is -2.41. The number of aromatic nitrogens is 2. The van der Waals surface area contributed by atoms with E-state index in [1.54, 1.807) is 4.68 Å². The summed E-state index contributed by atoms with van der Waals surface area (Å²) in [5.41, 5.74) is 1.52. The number of nitrogens with zero attached hydrogens (tertiary/aromatic N) is 2. The minimum atomic E-state index is -1.76. The average Bonchev–Trinajstić information content (AvgIpc) is 2.64. The number of halogens is 1. The molecule has 1 rings (SSSR count). The Morgan fingerprint density at radius 2 is 1.95 bits per heavy atom. The topological polar surface area (TPSA) is 44.1 Å². The zero-order chi connectivity index (χ0) is 16.4. The first-order valence-corrected chi connectivity index (χ1v) is 11.1. The molecule has 21 heavy (non-hydrogen) atoms. The van der Waals surface area contributed by atoms with Gasteiger partial charge in [0.05, 0.1) is 23.3 Å². The van der Waals surface area contributed by atoms with Crippen molar-refractivity contribution in [1.29, 1.82) is 0 Å². The van der Waals surface area contributed by atoms with E-state index >= 15 is 0 Å². The van der Waals surface area contributed by atoms with E-state index in [-0.39, 0.29) is 11.0 Å². The van der Waals surface area contributed by atoms with E-state index in [4.69, 9.17) is 4.43 Å². The molecule has 4 nitrogen and oxygen atoms in total. The van der Waals surface area contributed by atoms with E-state index in [1.807, 2.05) is 0 Å². The number of aldehydes is 1. The van der Waals surface area contributed by atoms with Gasteiger partial charge in [-0.05, 0) is 40.0 Å². The zero-order valence-corrected chi connectivity index (χ0v) is 16.7. The summed E-state index contributed by atoms with van der Waals surface area (Å²) in [4.78, 5) is 11.3. The van der Waals surface area contributed by atoms with Crippen molar-refractivity contribution in [2.75, 3.05) is 6.61 Å². The maximum absolute atomic E-state index is 11.3. The molecule has 0 spiro atoms. The molecule has 0 bridgehead atoms. The molecule has 0 aliphatic heterocycles. The van der Waals surface area contributed by atoms with Gasteiger partial charge in [0.25, 0.3) is 0 Å². The Morgan fingerprint density at radius 3 is 2.38 bits per heavy atom. The van der Waals surface area contributed by atoms with Gasteiger partial charge in [-0.3, -0.25) is 9.48 Å². The van der Waals surface area contributed by atoms with Crippen molar-refractivity contribution in [3.05, 3.63) is 15.9 Å². The number of rotatable bonds is 6. The molecule has 0 saturated carbocycles. The minimum Gasteiger partial charge on any atom is -0.415 e. The van der Waals surface area contributed by atoms with Gasteiger partial charge in [-0.2, -0.15) is 5.10 Å². The van der Waals surface area contributed by atoms with Crippen LogP contribution in [0.1, 0.15) is 56.7 Å². The third-order valence-corrected chi connectivity index (χ3v) is 9.54. The van der Waals surface area contributed by atoms with E-state index in [1.165, 1.54) is 0 Å². The highest BCUT2D eigenvalue weighted by atomic mass is 79.9. The van der Waals surface area contributed by atoms with Gasteiger partial charge in [0.2, 0.25) is 0 Å². The molecule has 1 heterocycles. The Hall–Kier alpha value is -0.463. The molecule has 0 N–H and O–H groups in total. The van der Waals surface area contributed by atoms with Crippen molar-refractivity contribution >= 4 is 30.5 Å². The SMILES string of the molecule is CC(C)c1nn(CCO[Si](C)(C)C(C)(C)C)c(C=O)c1Br. The van der Waals surface area contributed by atoms with E-state index in [0.717, 1.165) is 16.5 Å². The molecule has 1 aromatic heterocycles. The van der Waals surface area contributed by atoms with Gasteiger partial charge in [0.1, 0.15) is 5.69 Å². The van der Waals surface area contributed by atoms with Gasteiger partial charge in [-0.1, -0.05) is 34.6 Å². The van der Waals surface area contributed by atoms with Crippen LogP contribution in [0.2, 0.25) is 18.1 Å². The molecule has 1 aromatic rings. The quantitative estimate of drug-likeness (QED) is 0.539. The lowest BCUT2D eigenvalue weighted by atomic mass is 10.1. The van der Waals surface area contributed by atoms with Crippen LogP contribution < -0.4 is 0 Å². The maximum Gasteiger partial charge on any atom is 0.192 e. The van der Waals surface area contributed by atoms with Crippen LogP contribution in [0.25, 0.3) is 0 Å². The van der Waals surface area contributed by atoms with E-state index < -0.39 is 8.32 Å². The Bertz CT molecular complexity index is 505. The molecule has 0 aliphatic rings. The second-order valence-electron chi connectivity index (χ2n) is 7.19. The van der Waals surface area contributed by atoms with Crippen LogP contribution in [-0.4, -0.2) is 31.0 Å². The van der Waals surface area contributed by atoms with Gasteiger partial charge in [-0.15, -0.1) is 0 Å². The van der Waals surface area contributed by atoms with Crippen LogP contribution in [0.3, 0.4) is 0 Å². The summed E-state index contributed by atoms with van der Waals surface area (Å²) in [7, 11) is -1.76. The van der Waals surface area contributed by atoms with Crippen molar-refractivity contribution in [3.8, 4) is 0 Å². The Morgan fingerprint density at radius 1 is 1.38 bits per heavy atom. The van der Waals surface area contributed by atoms with Crippen LogP contribution in [0, 0.1) is 0 Å². The number of carbonyl (C=O) groups is 1. The van der Waals surface area contributed by atoms with Gasteiger partial charge < -0.3 is 4.43 Å². The second-order valence-corrected chi connectivity index (χ2v) is 12.8. The first-order chi connectivity index (χ1) is 9.51. The molecule has 6 heteroatoms. The van der Waals surface area contributed by atoms with E-state index in [9.17, 15) is 4.79 Å². The molecule has 0 aliphatic carbocycles. The number of hydrogen-bond acceptors (Lipinski definition) is 3. The van der Waals surface area contributed by atoms with Gasteiger partial charge in [0, 0.05) is 0 Å². The average molecular weight is 375 g/mol. The zero-order valence-electron chi connectivity index (χ0n) is 14.2. The predicted octanol–water partition coefficient (Wildman–Crippen LogP) is 4.60. The highest BCUT2D eigenvalue weighted by molar-refractivity contribution is 9.10. The Kier molecular flexibility index (Phi) is 5.97. The molecule has 0 aromatic carbocycles. The Balaban J connectivity index is 2.81. The Labute approximate surface area is 137 Å². The largest absolute Gasteiger partial charge is 0.415 e. The number of hydrogen-bond donors (Lipinski definition) is 0. The fraction of sp³-hybridized carbons (Fsp3) is 0.733. The van der Waals surface area contributed by atoms with Crippen molar-refractivity contribution < 1.29 is 9.22 Å². The molecule has 120 valence electrons. The molecular weight excluding hydrogens is 348 g/mol. The maximum atomic E-state index is 11.3. The molecule has 0 fully saturated rings. The lowest BCUT2D eigenvalue weighted by molar-refractivity contribution is 0.111. The van der Waals surface area contributed by atoms with Crippen LogP contribution in [0.5, 0.6) is 0 Å². The summed E-state index contributed by atoms with van der Waals surface area (Å²) >= 11 is 3.48. The standard InChI is InChI=1S/C15H27BrN2O2Si/c1-11(2)14-13(16)12(10-19)18(17-14)8-9-20-21(6,7)15(3,4)5/h10-11H,8-9H2,1-7H3. The lowest BCUT2D eigenvalue weighted by Gasteiger charge is -2.36. The van der Waals surface area contributed by atoms with Crippen LogP contribution >= 0.6 is 15.9 Å². The highest BCUT2D eigenvalue weighted by Crippen LogP contribution is 2.36. The summed E-state index contributed by atoms with van der Waals surface area (Å²) in [6, 6.07) is 0. The third-order valence-electron chi connectivity index (χ3n) is 4.19. The van der Waals surface area contributed by atoms with Crippen molar-refractivity contribution in [1.82, 2.24) is 9.78 Å². The molecule has 0 atom stereocenters. The summed E-state index contributed by atoms with van der Waals surface area (Å²) < 4.78 is 8.71. The molecular formula is C15H27BrN2O2Si.